The highest BCUT2D eigenvalue weighted by Crippen LogP contribution is 2.21. The number of hydrogen-bond acceptors (Lipinski definition) is 3. The molecule has 1 amide bonds. The summed E-state index contributed by atoms with van der Waals surface area (Å²) < 4.78 is 2.12. The number of amides is 1. The molecule has 0 N–H and O–H groups in total. The number of hydrogen-bond donors (Lipinski definition) is 0. The van der Waals surface area contributed by atoms with E-state index in [1.165, 1.54) is 0 Å². The number of fused-ring (bicyclic) bond motifs is 1. The summed E-state index contributed by atoms with van der Waals surface area (Å²) in [6.45, 7) is 2.58. The first kappa shape index (κ1) is 14.9. The monoisotopic (exact) mass is 320 g/mol. The van der Waals surface area contributed by atoms with Crippen molar-refractivity contribution >= 4 is 16.8 Å². The third kappa shape index (κ3) is 3.02. The van der Waals surface area contributed by atoms with Crippen LogP contribution in [0.4, 0.5) is 0 Å². The Morgan fingerprint density at radius 1 is 1.12 bits per heavy atom. The first-order valence-electron chi connectivity index (χ1n) is 8.40. The fraction of sp³-hybridized carbons (Fsp3) is 0.316. The lowest BCUT2D eigenvalue weighted by Gasteiger charge is -2.32. The van der Waals surface area contributed by atoms with E-state index in [1.807, 2.05) is 60.0 Å². The molecule has 1 aromatic carbocycles. The van der Waals surface area contributed by atoms with Crippen LogP contribution in [-0.4, -0.2) is 38.4 Å². The van der Waals surface area contributed by atoms with Gasteiger partial charge in [0.15, 0.2) is 0 Å². The highest BCUT2D eigenvalue weighted by Gasteiger charge is 2.24. The van der Waals surface area contributed by atoms with Gasteiger partial charge in [-0.05, 0) is 30.9 Å². The zero-order valence-electron chi connectivity index (χ0n) is 13.5. The average molecular weight is 320 g/mol. The van der Waals surface area contributed by atoms with E-state index in [2.05, 4.69) is 14.5 Å². The molecule has 24 heavy (non-hydrogen) atoms. The molecule has 0 radical (unpaired) electrons. The van der Waals surface area contributed by atoms with Gasteiger partial charge in [0.2, 0.25) is 0 Å². The number of piperidine rings is 1. The minimum atomic E-state index is 0.0434. The van der Waals surface area contributed by atoms with Crippen molar-refractivity contribution in [2.45, 2.75) is 19.4 Å². The maximum atomic E-state index is 12.7. The molecule has 1 saturated heterocycles. The molecule has 3 heterocycles. The highest BCUT2D eigenvalue weighted by molar-refractivity contribution is 5.94. The lowest BCUT2D eigenvalue weighted by Crippen LogP contribution is -2.39. The Bertz CT molecular complexity index is 835. The van der Waals surface area contributed by atoms with E-state index in [4.69, 9.17) is 0 Å². The SMILES string of the molecule is O=C(c1ccc2ccccc2n1)N1CCC(Cn2ccnc2)CC1. The molecule has 0 bridgehead atoms. The van der Waals surface area contributed by atoms with E-state index in [0.29, 0.717) is 11.6 Å². The molecule has 0 atom stereocenters. The number of carbonyl (C=O) groups excluding carboxylic acids is 1. The molecule has 0 spiro atoms. The second-order valence-corrected chi connectivity index (χ2v) is 6.38. The van der Waals surface area contributed by atoms with Gasteiger partial charge in [-0.25, -0.2) is 9.97 Å². The van der Waals surface area contributed by atoms with Crippen LogP contribution in [-0.2, 0) is 6.54 Å². The van der Waals surface area contributed by atoms with Crippen molar-refractivity contribution in [1.82, 2.24) is 19.4 Å². The van der Waals surface area contributed by atoms with Gasteiger partial charge < -0.3 is 9.47 Å². The molecule has 3 aromatic rings. The number of likely N-dealkylation sites (tertiary alicyclic amines) is 1. The molecule has 0 unspecified atom stereocenters. The molecule has 0 aliphatic carbocycles. The molecule has 4 rings (SSSR count). The van der Waals surface area contributed by atoms with Gasteiger partial charge in [0, 0.05) is 37.4 Å². The van der Waals surface area contributed by atoms with Gasteiger partial charge in [0.25, 0.3) is 5.91 Å². The number of para-hydroxylation sites is 1. The zero-order chi connectivity index (χ0) is 16.4. The predicted molar refractivity (Wildman–Crippen MR) is 92.6 cm³/mol. The van der Waals surface area contributed by atoms with Crippen molar-refractivity contribution < 1.29 is 4.79 Å². The maximum absolute atomic E-state index is 12.7. The van der Waals surface area contributed by atoms with E-state index >= 15 is 0 Å². The third-order valence-corrected chi connectivity index (χ3v) is 4.75. The minimum Gasteiger partial charge on any atom is -0.337 e. The predicted octanol–water partition coefficient (Wildman–Crippen LogP) is 2.98. The van der Waals surface area contributed by atoms with Crippen LogP contribution in [0.2, 0.25) is 0 Å². The summed E-state index contributed by atoms with van der Waals surface area (Å²) in [5, 5.41) is 1.06. The van der Waals surface area contributed by atoms with E-state index in [-0.39, 0.29) is 5.91 Å². The number of pyridine rings is 1. The van der Waals surface area contributed by atoms with E-state index < -0.39 is 0 Å². The first-order chi connectivity index (χ1) is 11.8. The fourth-order valence-corrected chi connectivity index (χ4v) is 3.36. The van der Waals surface area contributed by atoms with Crippen LogP contribution >= 0.6 is 0 Å². The normalized spacial score (nSPS) is 15.8. The van der Waals surface area contributed by atoms with Gasteiger partial charge in [-0.15, -0.1) is 0 Å². The number of nitrogens with zero attached hydrogens (tertiary/aromatic N) is 4. The van der Waals surface area contributed by atoms with Crippen molar-refractivity contribution in [3.8, 4) is 0 Å². The summed E-state index contributed by atoms with van der Waals surface area (Å²) in [4.78, 5) is 23.3. The van der Waals surface area contributed by atoms with Crippen LogP contribution in [0.15, 0.2) is 55.1 Å². The van der Waals surface area contributed by atoms with Crippen molar-refractivity contribution in [3.05, 3.63) is 60.8 Å². The van der Waals surface area contributed by atoms with E-state index in [1.54, 1.807) is 0 Å². The van der Waals surface area contributed by atoms with Crippen LogP contribution in [0.5, 0.6) is 0 Å². The number of benzene rings is 1. The molecule has 1 aliphatic rings. The van der Waals surface area contributed by atoms with Gasteiger partial charge in [0.1, 0.15) is 5.69 Å². The Kier molecular flexibility index (Phi) is 3.99. The molecule has 5 heteroatoms. The summed E-state index contributed by atoms with van der Waals surface area (Å²) in [6, 6.07) is 11.7. The molecular formula is C19H20N4O. The fourth-order valence-electron chi connectivity index (χ4n) is 3.36. The summed E-state index contributed by atoms with van der Waals surface area (Å²) in [7, 11) is 0. The summed E-state index contributed by atoms with van der Waals surface area (Å²) in [6.07, 6.45) is 7.71. The van der Waals surface area contributed by atoms with E-state index in [0.717, 1.165) is 43.4 Å². The van der Waals surface area contributed by atoms with Gasteiger partial charge >= 0.3 is 0 Å². The van der Waals surface area contributed by atoms with Crippen LogP contribution in [0.1, 0.15) is 23.3 Å². The number of carbonyl (C=O) groups is 1. The van der Waals surface area contributed by atoms with Crippen molar-refractivity contribution in [1.29, 1.82) is 0 Å². The second-order valence-electron chi connectivity index (χ2n) is 6.38. The maximum Gasteiger partial charge on any atom is 0.272 e. The van der Waals surface area contributed by atoms with Gasteiger partial charge in [0.05, 0.1) is 11.8 Å². The van der Waals surface area contributed by atoms with Crippen molar-refractivity contribution in [2.75, 3.05) is 13.1 Å². The molecule has 1 aliphatic heterocycles. The van der Waals surface area contributed by atoms with Crippen LogP contribution in [0.3, 0.4) is 0 Å². The molecular weight excluding hydrogens is 300 g/mol. The van der Waals surface area contributed by atoms with Gasteiger partial charge in [-0.3, -0.25) is 4.79 Å². The van der Waals surface area contributed by atoms with Gasteiger partial charge in [-0.1, -0.05) is 24.3 Å². The summed E-state index contributed by atoms with van der Waals surface area (Å²) >= 11 is 0. The second kappa shape index (κ2) is 6.43. The van der Waals surface area contributed by atoms with Gasteiger partial charge in [-0.2, -0.15) is 0 Å². The molecule has 122 valence electrons. The van der Waals surface area contributed by atoms with Crippen LogP contribution in [0, 0.1) is 5.92 Å². The van der Waals surface area contributed by atoms with Crippen molar-refractivity contribution in [2.24, 2.45) is 5.92 Å². The molecule has 1 fully saturated rings. The minimum absolute atomic E-state index is 0.0434. The van der Waals surface area contributed by atoms with E-state index in [9.17, 15) is 4.79 Å². The summed E-state index contributed by atoms with van der Waals surface area (Å²) in [5.41, 5.74) is 1.42. The Hall–Kier alpha value is -2.69. The number of rotatable bonds is 3. The number of imidazole rings is 1. The van der Waals surface area contributed by atoms with Crippen molar-refractivity contribution in [3.63, 3.8) is 0 Å². The highest BCUT2D eigenvalue weighted by atomic mass is 16.2. The number of aromatic nitrogens is 3. The largest absolute Gasteiger partial charge is 0.337 e. The molecule has 0 saturated carbocycles. The van der Waals surface area contributed by atoms with Crippen LogP contribution in [0.25, 0.3) is 10.9 Å². The average Bonchev–Trinajstić information content (AvgIpc) is 3.14. The quantitative estimate of drug-likeness (QED) is 0.745. The van der Waals surface area contributed by atoms with Crippen LogP contribution < -0.4 is 0 Å². The zero-order valence-corrected chi connectivity index (χ0v) is 13.5. The standard InChI is InChI=1S/C19H20N4O/c24-19(18-6-5-16-3-1-2-4-17(16)21-18)23-10-7-15(8-11-23)13-22-12-9-20-14-22/h1-6,9,12,14-15H,7-8,10-11,13H2. The molecule has 2 aromatic heterocycles. The summed E-state index contributed by atoms with van der Waals surface area (Å²) in [5.74, 6) is 0.648. The molecule has 5 nitrogen and oxygen atoms in total. The Balaban J connectivity index is 1.41. The Labute approximate surface area is 140 Å². The Morgan fingerprint density at radius 3 is 2.75 bits per heavy atom. The Morgan fingerprint density at radius 2 is 1.96 bits per heavy atom. The lowest BCUT2D eigenvalue weighted by atomic mass is 9.96. The smallest absolute Gasteiger partial charge is 0.272 e. The first-order valence-corrected chi connectivity index (χ1v) is 8.40. The lowest BCUT2D eigenvalue weighted by molar-refractivity contribution is 0.0677. The third-order valence-electron chi connectivity index (χ3n) is 4.75. The topological polar surface area (TPSA) is 51.0 Å².